The molecule has 1 saturated heterocycles. The highest BCUT2D eigenvalue weighted by atomic mass is 16.7. The fourth-order valence-electron chi connectivity index (χ4n) is 1.55. The van der Waals surface area contributed by atoms with Gasteiger partial charge in [0.1, 0.15) is 0 Å². The van der Waals surface area contributed by atoms with Crippen molar-refractivity contribution in [3.05, 3.63) is 0 Å². The van der Waals surface area contributed by atoms with Gasteiger partial charge in [-0.1, -0.05) is 6.42 Å². The molecule has 0 aliphatic carbocycles. The molecule has 0 saturated carbocycles. The minimum Gasteiger partial charge on any atom is -0.481 e. The Morgan fingerprint density at radius 2 is 2.21 bits per heavy atom. The van der Waals surface area contributed by atoms with Gasteiger partial charge < -0.3 is 14.6 Å². The Morgan fingerprint density at radius 3 is 2.71 bits per heavy atom. The number of ether oxygens (including phenoxy) is 2. The Labute approximate surface area is 84.2 Å². The topological polar surface area (TPSA) is 55.8 Å². The summed E-state index contributed by atoms with van der Waals surface area (Å²) < 4.78 is 11.0. The summed E-state index contributed by atoms with van der Waals surface area (Å²) in [6, 6.07) is 0. The first-order valence-electron chi connectivity index (χ1n) is 5.03. The average molecular weight is 202 g/mol. The molecule has 0 aromatic heterocycles. The zero-order valence-corrected chi connectivity index (χ0v) is 8.78. The van der Waals surface area contributed by atoms with E-state index in [0.717, 1.165) is 19.3 Å². The van der Waals surface area contributed by atoms with E-state index in [1.807, 2.05) is 13.8 Å². The third kappa shape index (κ3) is 4.07. The van der Waals surface area contributed by atoms with Gasteiger partial charge >= 0.3 is 5.97 Å². The van der Waals surface area contributed by atoms with Gasteiger partial charge in [0.15, 0.2) is 5.79 Å². The molecule has 1 rings (SSSR count). The van der Waals surface area contributed by atoms with Crippen LogP contribution in [0.4, 0.5) is 0 Å². The van der Waals surface area contributed by atoms with Crippen LogP contribution in [0, 0.1) is 0 Å². The van der Waals surface area contributed by atoms with Gasteiger partial charge in [-0.3, -0.25) is 4.79 Å². The number of hydrogen-bond acceptors (Lipinski definition) is 3. The molecular weight excluding hydrogens is 184 g/mol. The first-order chi connectivity index (χ1) is 6.49. The molecule has 1 heterocycles. The highest BCUT2D eigenvalue weighted by molar-refractivity contribution is 5.66. The van der Waals surface area contributed by atoms with Crippen LogP contribution in [0.15, 0.2) is 0 Å². The van der Waals surface area contributed by atoms with E-state index in [1.54, 1.807) is 0 Å². The highest BCUT2D eigenvalue weighted by Crippen LogP contribution is 2.25. The maximum Gasteiger partial charge on any atom is 0.303 e. The van der Waals surface area contributed by atoms with E-state index in [0.29, 0.717) is 6.61 Å². The molecule has 1 fully saturated rings. The second-order valence-electron chi connectivity index (χ2n) is 4.09. The summed E-state index contributed by atoms with van der Waals surface area (Å²) in [6.45, 7) is 4.41. The molecule has 1 unspecified atom stereocenters. The van der Waals surface area contributed by atoms with Crippen molar-refractivity contribution in [1.82, 2.24) is 0 Å². The molecule has 0 amide bonds. The van der Waals surface area contributed by atoms with E-state index in [9.17, 15) is 4.79 Å². The summed E-state index contributed by atoms with van der Waals surface area (Å²) in [5.74, 6) is -1.19. The van der Waals surface area contributed by atoms with Gasteiger partial charge in [-0.15, -0.1) is 0 Å². The van der Waals surface area contributed by atoms with Gasteiger partial charge in [-0.25, -0.2) is 0 Å². The zero-order valence-electron chi connectivity index (χ0n) is 8.78. The largest absolute Gasteiger partial charge is 0.481 e. The molecule has 1 atom stereocenters. The van der Waals surface area contributed by atoms with Crippen molar-refractivity contribution in [1.29, 1.82) is 0 Å². The summed E-state index contributed by atoms with van der Waals surface area (Å²) in [5, 5.41) is 8.43. The van der Waals surface area contributed by atoms with Crippen LogP contribution in [-0.2, 0) is 14.3 Å². The number of carboxylic acids is 1. The molecular formula is C10H18O4. The lowest BCUT2D eigenvalue weighted by atomic mass is 10.1. The highest BCUT2D eigenvalue weighted by Gasteiger charge is 2.31. The molecule has 14 heavy (non-hydrogen) atoms. The summed E-state index contributed by atoms with van der Waals surface area (Å²) >= 11 is 0. The van der Waals surface area contributed by atoms with Crippen LogP contribution in [0.25, 0.3) is 0 Å². The van der Waals surface area contributed by atoms with Crippen molar-refractivity contribution in [3.63, 3.8) is 0 Å². The van der Waals surface area contributed by atoms with Crippen LogP contribution in [0.5, 0.6) is 0 Å². The van der Waals surface area contributed by atoms with Crippen LogP contribution in [-0.4, -0.2) is 29.6 Å². The monoisotopic (exact) mass is 202 g/mol. The lowest BCUT2D eigenvalue weighted by Gasteiger charge is -2.16. The van der Waals surface area contributed by atoms with Gasteiger partial charge in [0.05, 0.1) is 12.7 Å². The fourth-order valence-corrected chi connectivity index (χ4v) is 1.55. The van der Waals surface area contributed by atoms with E-state index < -0.39 is 11.8 Å². The number of aliphatic carboxylic acids is 1. The van der Waals surface area contributed by atoms with E-state index in [-0.39, 0.29) is 12.5 Å². The first-order valence-corrected chi connectivity index (χ1v) is 5.03. The lowest BCUT2D eigenvalue weighted by molar-refractivity contribution is -0.140. The van der Waals surface area contributed by atoms with Gasteiger partial charge in [-0.2, -0.15) is 0 Å². The van der Waals surface area contributed by atoms with Crippen molar-refractivity contribution in [3.8, 4) is 0 Å². The minimum absolute atomic E-state index is 0.138. The second kappa shape index (κ2) is 4.75. The first kappa shape index (κ1) is 11.5. The molecule has 4 heteroatoms. The number of carbonyl (C=O) groups is 1. The predicted octanol–water partition coefficient (Wildman–Crippen LogP) is 1.78. The average Bonchev–Trinajstić information content (AvgIpc) is 2.39. The quantitative estimate of drug-likeness (QED) is 0.690. The van der Waals surface area contributed by atoms with E-state index in [1.165, 1.54) is 0 Å². The Morgan fingerprint density at radius 1 is 1.50 bits per heavy atom. The van der Waals surface area contributed by atoms with Crippen molar-refractivity contribution in [2.24, 2.45) is 0 Å². The predicted molar refractivity (Wildman–Crippen MR) is 51.0 cm³/mol. The van der Waals surface area contributed by atoms with Crippen molar-refractivity contribution in [2.45, 2.75) is 51.4 Å². The molecule has 0 spiro atoms. The van der Waals surface area contributed by atoms with Gasteiger partial charge in [-0.05, 0) is 26.7 Å². The van der Waals surface area contributed by atoms with Crippen molar-refractivity contribution >= 4 is 5.97 Å². The molecule has 0 bridgehead atoms. The van der Waals surface area contributed by atoms with Gasteiger partial charge in [0, 0.05) is 6.42 Å². The Hall–Kier alpha value is -0.610. The van der Waals surface area contributed by atoms with E-state index >= 15 is 0 Å². The molecule has 1 aliphatic heterocycles. The van der Waals surface area contributed by atoms with Gasteiger partial charge in [0.2, 0.25) is 0 Å². The smallest absolute Gasteiger partial charge is 0.303 e. The molecule has 82 valence electrons. The standard InChI is InChI=1S/C10H18O4/c1-10(2)13-7-8(14-10)5-3-4-6-9(11)12/h8H,3-7H2,1-2H3,(H,11,12). The lowest BCUT2D eigenvalue weighted by Crippen LogP contribution is -2.21. The maximum absolute atomic E-state index is 10.2. The summed E-state index contributed by atoms with van der Waals surface area (Å²) in [4.78, 5) is 10.2. The molecule has 4 nitrogen and oxygen atoms in total. The Kier molecular flexibility index (Phi) is 3.89. The van der Waals surface area contributed by atoms with Crippen LogP contribution < -0.4 is 0 Å². The van der Waals surface area contributed by atoms with Gasteiger partial charge in [0.25, 0.3) is 0 Å². The third-order valence-corrected chi connectivity index (χ3v) is 2.23. The normalized spacial score (nSPS) is 25.1. The van der Waals surface area contributed by atoms with Crippen LogP contribution in [0.1, 0.15) is 39.5 Å². The number of hydrogen-bond donors (Lipinski definition) is 1. The Bertz CT molecular complexity index is 200. The summed E-state index contributed by atoms with van der Waals surface area (Å²) in [7, 11) is 0. The van der Waals surface area contributed by atoms with Crippen LogP contribution in [0.2, 0.25) is 0 Å². The molecule has 0 aromatic rings. The van der Waals surface area contributed by atoms with Crippen molar-refractivity contribution in [2.75, 3.05) is 6.61 Å². The number of unbranched alkanes of at least 4 members (excludes halogenated alkanes) is 1. The van der Waals surface area contributed by atoms with E-state index in [2.05, 4.69) is 0 Å². The second-order valence-corrected chi connectivity index (χ2v) is 4.09. The molecule has 1 N–H and O–H groups in total. The summed E-state index contributed by atoms with van der Waals surface area (Å²) in [5.41, 5.74) is 0. The van der Waals surface area contributed by atoms with Crippen LogP contribution >= 0.6 is 0 Å². The molecule has 1 aliphatic rings. The zero-order chi connectivity index (χ0) is 10.6. The fraction of sp³-hybridized carbons (Fsp3) is 0.900. The summed E-state index contributed by atoms with van der Waals surface area (Å²) in [6.07, 6.45) is 2.87. The maximum atomic E-state index is 10.2. The van der Waals surface area contributed by atoms with Crippen LogP contribution in [0.3, 0.4) is 0 Å². The third-order valence-electron chi connectivity index (χ3n) is 2.23. The Balaban J connectivity index is 2.06. The molecule has 0 aromatic carbocycles. The minimum atomic E-state index is -0.728. The SMILES string of the molecule is CC1(C)OCC(CCCCC(=O)O)O1. The molecule has 0 radical (unpaired) electrons. The number of rotatable bonds is 5. The van der Waals surface area contributed by atoms with Crippen molar-refractivity contribution < 1.29 is 19.4 Å². The number of carboxylic acid groups (broad SMARTS) is 1. The van der Waals surface area contributed by atoms with E-state index in [4.69, 9.17) is 14.6 Å².